The molecule has 1 aliphatic rings. The number of methoxy groups -OCH3 is 1. The molecule has 11 heteroatoms. The summed E-state index contributed by atoms with van der Waals surface area (Å²) in [6, 6.07) is 4.25. The van der Waals surface area contributed by atoms with E-state index in [9.17, 15) is 23.9 Å². The van der Waals surface area contributed by atoms with E-state index in [1.54, 1.807) is 0 Å². The topological polar surface area (TPSA) is 147 Å². The van der Waals surface area contributed by atoms with Gasteiger partial charge in [-0.3, -0.25) is 15.0 Å². The summed E-state index contributed by atoms with van der Waals surface area (Å²) in [7, 11) is 0.955. The van der Waals surface area contributed by atoms with Crippen molar-refractivity contribution in [3.8, 4) is 5.88 Å². The molecular weight excluding hydrogens is 349 g/mol. The number of ketones is 2. The van der Waals surface area contributed by atoms with Crippen LogP contribution in [0.3, 0.4) is 0 Å². The van der Waals surface area contributed by atoms with Crippen molar-refractivity contribution in [2.75, 3.05) is 7.11 Å². The molecule has 1 aliphatic heterocycles. The quantitative estimate of drug-likeness (QED) is 0.356. The first-order valence-corrected chi connectivity index (χ1v) is 7.09. The fraction of sp³-hybridized carbons (Fsp3) is 0.133. The number of carbonyl (C=O) groups excluding carboxylic acids is 3. The van der Waals surface area contributed by atoms with Crippen LogP contribution in [0.25, 0.3) is 0 Å². The Morgan fingerprint density at radius 3 is 2.46 bits per heavy atom. The number of esters is 1. The third-order valence-electron chi connectivity index (χ3n) is 3.62. The highest BCUT2D eigenvalue weighted by Crippen LogP contribution is 2.35. The molecule has 0 amide bonds. The largest absolute Gasteiger partial charge is 0.493 e. The van der Waals surface area contributed by atoms with Crippen LogP contribution in [-0.2, 0) is 14.3 Å². The van der Waals surface area contributed by atoms with E-state index in [-0.39, 0.29) is 11.5 Å². The SMILES string of the molecule is COC(=O)C(=O)[C@@H](C(=O)c1ccc(F)cc1)c1nc2n(c1O)C(=N)N=N2. The minimum atomic E-state index is -1.85. The highest BCUT2D eigenvalue weighted by molar-refractivity contribution is 6.41. The number of fused-ring (bicyclic) bond motifs is 1. The molecule has 0 unspecified atom stereocenters. The number of hydrogen-bond donors (Lipinski definition) is 2. The molecule has 0 aliphatic carbocycles. The van der Waals surface area contributed by atoms with Gasteiger partial charge in [-0.25, -0.2) is 18.7 Å². The third kappa shape index (κ3) is 2.64. The zero-order valence-electron chi connectivity index (χ0n) is 13.1. The van der Waals surface area contributed by atoms with Crippen LogP contribution in [0.5, 0.6) is 5.88 Å². The minimum Gasteiger partial charge on any atom is -0.493 e. The fourth-order valence-electron chi connectivity index (χ4n) is 2.38. The maximum absolute atomic E-state index is 13.1. The molecule has 1 aromatic heterocycles. The van der Waals surface area contributed by atoms with E-state index >= 15 is 0 Å². The molecule has 2 N–H and O–H groups in total. The van der Waals surface area contributed by atoms with E-state index in [2.05, 4.69) is 19.9 Å². The monoisotopic (exact) mass is 359 g/mol. The average molecular weight is 359 g/mol. The predicted molar refractivity (Wildman–Crippen MR) is 82.0 cm³/mol. The van der Waals surface area contributed by atoms with Gasteiger partial charge < -0.3 is 9.84 Å². The molecule has 2 aromatic rings. The van der Waals surface area contributed by atoms with Crippen molar-refractivity contribution in [1.82, 2.24) is 9.55 Å². The summed E-state index contributed by atoms with van der Waals surface area (Å²) in [6.07, 6.45) is 0. The number of halogens is 1. The molecule has 2 heterocycles. The number of rotatable bonds is 5. The van der Waals surface area contributed by atoms with E-state index in [4.69, 9.17) is 5.41 Å². The molecule has 0 fully saturated rings. The normalized spacial score (nSPS) is 13.4. The summed E-state index contributed by atoms with van der Waals surface area (Å²) in [5.41, 5.74) is -0.564. The standard InChI is InChI=1S/C15H10FN5O5/c1-26-13(25)11(23)8(10(22)6-2-4-7(16)5-3-6)9-12(24)21-14(17)19-20-15(21)18-9/h2-5,8,17,24H,1H3/t8-/m1/s1. The second-order valence-corrected chi connectivity index (χ2v) is 5.14. The Bertz CT molecular complexity index is 979. The lowest BCUT2D eigenvalue weighted by molar-refractivity contribution is -0.151. The molecule has 0 saturated carbocycles. The Balaban J connectivity index is 2.12. The smallest absolute Gasteiger partial charge is 0.375 e. The van der Waals surface area contributed by atoms with Gasteiger partial charge in [-0.05, 0) is 24.3 Å². The first-order chi connectivity index (χ1) is 12.3. The van der Waals surface area contributed by atoms with Crippen LogP contribution < -0.4 is 0 Å². The second kappa shape index (κ2) is 6.27. The molecule has 3 rings (SSSR count). The van der Waals surface area contributed by atoms with Crippen molar-refractivity contribution in [3.63, 3.8) is 0 Å². The number of Topliss-reactive ketones (excluding diaryl/α,β-unsaturated/α-hetero) is 2. The molecule has 1 aromatic carbocycles. The summed E-state index contributed by atoms with van der Waals surface area (Å²) < 4.78 is 18.2. The Morgan fingerprint density at radius 1 is 1.23 bits per heavy atom. The van der Waals surface area contributed by atoms with Gasteiger partial charge in [0, 0.05) is 5.56 Å². The lowest BCUT2D eigenvalue weighted by atomic mass is 9.90. The van der Waals surface area contributed by atoms with Gasteiger partial charge in [-0.15, -0.1) is 10.2 Å². The van der Waals surface area contributed by atoms with Crippen molar-refractivity contribution < 1.29 is 28.6 Å². The summed E-state index contributed by atoms with van der Waals surface area (Å²) in [4.78, 5) is 40.7. The summed E-state index contributed by atoms with van der Waals surface area (Å²) in [5.74, 6) is -7.40. The Morgan fingerprint density at radius 2 is 1.88 bits per heavy atom. The summed E-state index contributed by atoms with van der Waals surface area (Å²) in [5, 5.41) is 24.7. The number of aromatic hydroxyl groups is 1. The highest BCUT2D eigenvalue weighted by atomic mass is 19.1. The second-order valence-electron chi connectivity index (χ2n) is 5.14. The van der Waals surface area contributed by atoms with Gasteiger partial charge in [0.25, 0.3) is 17.7 Å². The fourth-order valence-corrected chi connectivity index (χ4v) is 2.38. The van der Waals surface area contributed by atoms with E-state index in [0.29, 0.717) is 0 Å². The molecular formula is C15H10FN5O5. The molecule has 1 atom stereocenters. The molecule has 0 spiro atoms. The molecule has 0 radical (unpaired) electrons. The van der Waals surface area contributed by atoms with Gasteiger partial charge in [-0.2, -0.15) is 0 Å². The predicted octanol–water partition coefficient (Wildman–Crippen LogP) is 1.32. The van der Waals surface area contributed by atoms with Gasteiger partial charge >= 0.3 is 5.97 Å². The number of aromatic nitrogens is 2. The van der Waals surface area contributed by atoms with Crippen molar-refractivity contribution >= 4 is 29.4 Å². The Hall–Kier alpha value is -3.76. The summed E-state index contributed by atoms with van der Waals surface area (Å²) in [6.45, 7) is 0. The van der Waals surface area contributed by atoms with Crippen LogP contribution in [-0.4, -0.2) is 45.3 Å². The van der Waals surface area contributed by atoms with Gasteiger partial charge in [0.15, 0.2) is 5.78 Å². The Labute approximate surface area is 144 Å². The van der Waals surface area contributed by atoms with Crippen LogP contribution in [0.2, 0.25) is 0 Å². The molecule has 0 saturated heterocycles. The van der Waals surface area contributed by atoms with Crippen LogP contribution in [0.4, 0.5) is 10.3 Å². The number of benzene rings is 1. The van der Waals surface area contributed by atoms with Crippen LogP contribution in [0, 0.1) is 11.2 Å². The molecule has 26 heavy (non-hydrogen) atoms. The van der Waals surface area contributed by atoms with Crippen LogP contribution in [0.15, 0.2) is 34.5 Å². The first-order valence-electron chi connectivity index (χ1n) is 7.09. The van der Waals surface area contributed by atoms with Gasteiger partial charge in [-0.1, -0.05) is 0 Å². The third-order valence-corrected chi connectivity index (χ3v) is 3.62. The van der Waals surface area contributed by atoms with Crippen molar-refractivity contribution in [1.29, 1.82) is 5.41 Å². The zero-order valence-corrected chi connectivity index (χ0v) is 13.1. The van der Waals surface area contributed by atoms with Gasteiger partial charge in [0.2, 0.25) is 5.88 Å². The van der Waals surface area contributed by atoms with E-state index in [1.807, 2.05) is 0 Å². The van der Waals surface area contributed by atoms with Crippen LogP contribution in [0.1, 0.15) is 22.0 Å². The number of hydrogen-bond acceptors (Lipinski definition) is 8. The highest BCUT2D eigenvalue weighted by Gasteiger charge is 2.40. The number of nitrogens with zero attached hydrogens (tertiary/aromatic N) is 4. The maximum atomic E-state index is 13.1. The zero-order chi connectivity index (χ0) is 19.0. The minimum absolute atomic E-state index is 0.0853. The van der Waals surface area contributed by atoms with Gasteiger partial charge in [0.1, 0.15) is 17.4 Å². The van der Waals surface area contributed by atoms with Crippen molar-refractivity contribution in [2.24, 2.45) is 10.2 Å². The summed E-state index contributed by atoms with van der Waals surface area (Å²) >= 11 is 0. The molecule has 10 nitrogen and oxygen atoms in total. The number of azo groups is 1. The average Bonchev–Trinajstić information content (AvgIpc) is 3.15. The van der Waals surface area contributed by atoms with Crippen LogP contribution >= 0.6 is 0 Å². The number of ether oxygens (including phenoxy) is 1. The van der Waals surface area contributed by atoms with Gasteiger partial charge in [0.05, 0.1) is 7.11 Å². The number of carbonyl (C=O) groups is 3. The molecule has 0 bridgehead atoms. The lowest BCUT2D eigenvalue weighted by Gasteiger charge is -2.12. The van der Waals surface area contributed by atoms with Crippen molar-refractivity contribution in [2.45, 2.75) is 5.92 Å². The maximum Gasteiger partial charge on any atom is 0.375 e. The first kappa shape index (κ1) is 17.1. The Kier molecular flexibility index (Phi) is 4.12. The lowest BCUT2D eigenvalue weighted by Crippen LogP contribution is -2.30. The van der Waals surface area contributed by atoms with E-state index in [1.165, 1.54) is 0 Å². The van der Waals surface area contributed by atoms with E-state index < -0.39 is 46.8 Å². The molecule has 132 valence electrons. The number of nitrogens with one attached hydrogen (secondary N) is 1. The van der Waals surface area contributed by atoms with E-state index in [0.717, 1.165) is 35.9 Å². The van der Waals surface area contributed by atoms with Crippen molar-refractivity contribution in [3.05, 3.63) is 41.3 Å². The number of imidazole rings is 1.